The first kappa shape index (κ1) is 12.2. The number of anilines is 2. The monoisotopic (exact) mass is 244 g/mol. The van der Waals surface area contributed by atoms with Crippen molar-refractivity contribution in [2.24, 2.45) is 0 Å². The minimum atomic E-state index is -0.00356. The summed E-state index contributed by atoms with van der Waals surface area (Å²) in [5.74, 6) is -0.00356. The van der Waals surface area contributed by atoms with Gasteiger partial charge >= 0.3 is 0 Å². The number of nitrogen functional groups attached to an aromatic ring is 1. The molecule has 2 rings (SSSR count). The molecule has 1 aromatic rings. The van der Waals surface area contributed by atoms with E-state index in [9.17, 15) is 4.79 Å². The molecule has 1 aliphatic carbocycles. The number of amides is 1. The molecule has 0 aliphatic heterocycles. The molecule has 1 aromatic carbocycles. The summed E-state index contributed by atoms with van der Waals surface area (Å²) >= 11 is 0. The minimum absolute atomic E-state index is 0.00356. The Kier molecular flexibility index (Phi) is 3.68. The predicted octanol–water partition coefficient (Wildman–Crippen LogP) is 1.03. The van der Waals surface area contributed by atoms with E-state index in [1.54, 1.807) is 12.1 Å². The van der Waals surface area contributed by atoms with Gasteiger partial charge in [-0.1, -0.05) is 0 Å². The van der Waals surface area contributed by atoms with E-state index in [0.29, 0.717) is 11.7 Å². The van der Waals surface area contributed by atoms with Crippen LogP contribution in [0.3, 0.4) is 0 Å². The number of carbonyl (C=O) groups excluding carboxylic acids is 1. The van der Waals surface area contributed by atoms with Crippen LogP contribution >= 0.6 is 0 Å². The quantitative estimate of drug-likeness (QED) is 0.674. The SMILES string of the molecule is N#CCc1cc(NCC(=O)NC2CC2)ccc1N. The van der Waals surface area contributed by atoms with Crippen molar-refractivity contribution in [3.05, 3.63) is 23.8 Å². The summed E-state index contributed by atoms with van der Waals surface area (Å²) in [5.41, 5.74) is 7.94. The van der Waals surface area contributed by atoms with Gasteiger partial charge in [0.15, 0.2) is 0 Å². The predicted molar refractivity (Wildman–Crippen MR) is 69.8 cm³/mol. The molecule has 5 heteroatoms. The number of nitrogens with one attached hydrogen (secondary N) is 2. The first-order chi connectivity index (χ1) is 8.69. The molecule has 1 fully saturated rings. The lowest BCUT2D eigenvalue weighted by molar-refractivity contribution is -0.119. The molecule has 1 aliphatic rings. The molecule has 18 heavy (non-hydrogen) atoms. The number of hydrogen-bond acceptors (Lipinski definition) is 4. The Bertz CT molecular complexity index is 488. The van der Waals surface area contributed by atoms with Crippen LogP contribution in [0.4, 0.5) is 11.4 Å². The average molecular weight is 244 g/mol. The maximum Gasteiger partial charge on any atom is 0.239 e. The van der Waals surface area contributed by atoms with E-state index in [2.05, 4.69) is 16.7 Å². The Balaban J connectivity index is 1.90. The van der Waals surface area contributed by atoms with Gasteiger partial charge < -0.3 is 16.4 Å². The van der Waals surface area contributed by atoms with E-state index in [4.69, 9.17) is 11.0 Å². The van der Waals surface area contributed by atoms with E-state index in [1.807, 2.05) is 6.07 Å². The summed E-state index contributed by atoms with van der Waals surface area (Å²) in [5, 5.41) is 14.6. The first-order valence-corrected chi connectivity index (χ1v) is 5.97. The first-order valence-electron chi connectivity index (χ1n) is 5.97. The van der Waals surface area contributed by atoms with Gasteiger partial charge in [0, 0.05) is 17.4 Å². The molecule has 0 unspecified atom stereocenters. The normalized spacial score (nSPS) is 13.7. The highest BCUT2D eigenvalue weighted by Crippen LogP contribution is 2.19. The van der Waals surface area contributed by atoms with Crippen LogP contribution in [0, 0.1) is 11.3 Å². The van der Waals surface area contributed by atoms with Crippen LogP contribution in [0.25, 0.3) is 0 Å². The summed E-state index contributed by atoms with van der Waals surface area (Å²) in [6, 6.07) is 7.80. The van der Waals surface area contributed by atoms with Crippen molar-refractivity contribution < 1.29 is 4.79 Å². The summed E-state index contributed by atoms with van der Waals surface area (Å²) in [4.78, 5) is 11.5. The fourth-order valence-electron chi connectivity index (χ4n) is 1.64. The van der Waals surface area contributed by atoms with Gasteiger partial charge in [0.05, 0.1) is 19.0 Å². The van der Waals surface area contributed by atoms with E-state index >= 15 is 0 Å². The van der Waals surface area contributed by atoms with Crippen molar-refractivity contribution >= 4 is 17.3 Å². The zero-order valence-electron chi connectivity index (χ0n) is 10.1. The van der Waals surface area contributed by atoms with E-state index in [1.165, 1.54) is 0 Å². The molecule has 0 bridgehead atoms. The standard InChI is InChI=1S/C13H16N4O/c14-6-5-9-7-11(3-4-12(9)15)16-8-13(18)17-10-1-2-10/h3-4,7,10,16H,1-2,5,8,15H2,(H,17,18). The molecule has 0 radical (unpaired) electrons. The van der Waals surface area contributed by atoms with Crippen molar-refractivity contribution in [2.45, 2.75) is 25.3 Å². The van der Waals surface area contributed by atoms with Gasteiger partial charge in [-0.25, -0.2) is 0 Å². The zero-order valence-corrected chi connectivity index (χ0v) is 10.1. The van der Waals surface area contributed by atoms with Crippen LogP contribution in [0.5, 0.6) is 0 Å². The van der Waals surface area contributed by atoms with E-state index in [-0.39, 0.29) is 18.9 Å². The van der Waals surface area contributed by atoms with Gasteiger partial charge in [-0.3, -0.25) is 4.79 Å². The average Bonchev–Trinajstić information content (AvgIpc) is 3.14. The molecule has 5 nitrogen and oxygen atoms in total. The second-order valence-corrected chi connectivity index (χ2v) is 4.44. The van der Waals surface area contributed by atoms with Crippen molar-refractivity contribution in [3.63, 3.8) is 0 Å². The highest BCUT2D eigenvalue weighted by molar-refractivity contribution is 5.81. The lowest BCUT2D eigenvalue weighted by Gasteiger charge is -2.09. The smallest absolute Gasteiger partial charge is 0.239 e. The number of nitrogens with two attached hydrogens (primary N) is 1. The molecule has 4 N–H and O–H groups in total. The van der Waals surface area contributed by atoms with Crippen molar-refractivity contribution in [2.75, 3.05) is 17.6 Å². The molecular weight excluding hydrogens is 228 g/mol. The lowest BCUT2D eigenvalue weighted by Crippen LogP contribution is -2.31. The number of nitriles is 1. The number of rotatable bonds is 5. The Morgan fingerprint density at radius 1 is 1.50 bits per heavy atom. The Morgan fingerprint density at radius 2 is 2.28 bits per heavy atom. The number of hydrogen-bond donors (Lipinski definition) is 3. The van der Waals surface area contributed by atoms with Gasteiger partial charge in [0.25, 0.3) is 0 Å². The Labute approximate surface area is 106 Å². The van der Waals surface area contributed by atoms with Crippen LogP contribution in [0.15, 0.2) is 18.2 Å². The third kappa shape index (κ3) is 3.39. The van der Waals surface area contributed by atoms with Gasteiger partial charge in [0.2, 0.25) is 5.91 Å². The van der Waals surface area contributed by atoms with Crippen LogP contribution in [-0.4, -0.2) is 18.5 Å². The molecule has 0 saturated heterocycles. The van der Waals surface area contributed by atoms with Gasteiger partial charge in [-0.15, -0.1) is 0 Å². The van der Waals surface area contributed by atoms with Gasteiger partial charge in [-0.2, -0.15) is 5.26 Å². The fraction of sp³-hybridized carbons (Fsp3) is 0.385. The van der Waals surface area contributed by atoms with Crippen LogP contribution in [0.2, 0.25) is 0 Å². The topological polar surface area (TPSA) is 90.9 Å². The molecule has 0 atom stereocenters. The molecule has 0 aromatic heterocycles. The Hall–Kier alpha value is -2.22. The zero-order chi connectivity index (χ0) is 13.0. The van der Waals surface area contributed by atoms with Crippen LogP contribution in [-0.2, 0) is 11.2 Å². The highest BCUT2D eigenvalue weighted by Gasteiger charge is 2.22. The van der Waals surface area contributed by atoms with Crippen molar-refractivity contribution in [3.8, 4) is 6.07 Å². The number of benzene rings is 1. The van der Waals surface area contributed by atoms with Gasteiger partial charge in [-0.05, 0) is 36.6 Å². The summed E-state index contributed by atoms with van der Waals surface area (Å²) in [6.45, 7) is 0.242. The van der Waals surface area contributed by atoms with Gasteiger partial charge in [0.1, 0.15) is 0 Å². The maximum atomic E-state index is 11.5. The lowest BCUT2D eigenvalue weighted by atomic mass is 10.1. The molecular formula is C13H16N4O. The van der Waals surface area contributed by atoms with E-state index < -0.39 is 0 Å². The Morgan fingerprint density at radius 3 is 2.94 bits per heavy atom. The second-order valence-electron chi connectivity index (χ2n) is 4.44. The maximum absolute atomic E-state index is 11.5. The number of nitrogens with zero attached hydrogens (tertiary/aromatic N) is 1. The highest BCUT2D eigenvalue weighted by atomic mass is 16.2. The van der Waals surface area contributed by atoms with E-state index in [0.717, 1.165) is 24.1 Å². The third-order valence-corrected chi connectivity index (χ3v) is 2.81. The van der Waals surface area contributed by atoms with Crippen molar-refractivity contribution in [1.82, 2.24) is 5.32 Å². The second kappa shape index (κ2) is 5.41. The van der Waals surface area contributed by atoms with Crippen molar-refractivity contribution in [1.29, 1.82) is 5.26 Å². The largest absolute Gasteiger partial charge is 0.398 e. The molecule has 0 heterocycles. The third-order valence-electron chi connectivity index (χ3n) is 2.81. The molecule has 94 valence electrons. The summed E-state index contributed by atoms with van der Waals surface area (Å²) < 4.78 is 0. The summed E-state index contributed by atoms with van der Waals surface area (Å²) in [6.07, 6.45) is 2.44. The molecule has 1 amide bonds. The summed E-state index contributed by atoms with van der Waals surface area (Å²) in [7, 11) is 0. The molecule has 0 spiro atoms. The number of carbonyl (C=O) groups is 1. The van der Waals surface area contributed by atoms with Crippen LogP contribution in [0.1, 0.15) is 18.4 Å². The fourth-order valence-corrected chi connectivity index (χ4v) is 1.64. The minimum Gasteiger partial charge on any atom is -0.398 e. The molecule has 1 saturated carbocycles. The van der Waals surface area contributed by atoms with Crippen LogP contribution < -0.4 is 16.4 Å².